The standard InChI is InChI=1S/C23H20FNO4/c24-16-9-7-15(8-10-16)20(27)4-2-5-21(28)19-3-1-6-22(23(19)25)29-18-13-11-17(26)12-14-18/h1,3,6-14,26H,2,4-5,25H2. The van der Waals surface area contributed by atoms with E-state index in [2.05, 4.69) is 0 Å². The molecule has 0 aromatic heterocycles. The molecule has 5 nitrogen and oxygen atoms in total. The van der Waals surface area contributed by atoms with Gasteiger partial charge < -0.3 is 15.6 Å². The number of nitrogens with two attached hydrogens (primary N) is 1. The highest BCUT2D eigenvalue weighted by molar-refractivity contribution is 6.02. The number of para-hydroxylation sites is 1. The molecule has 29 heavy (non-hydrogen) atoms. The molecule has 3 rings (SSSR count). The van der Waals surface area contributed by atoms with E-state index < -0.39 is 5.82 Å². The zero-order valence-corrected chi connectivity index (χ0v) is 15.6. The SMILES string of the molecule is Nc1c(Oc2ccc(O)cc2)cccc1C(=O)CCCC(=O)c1ccc(F)cc1. The molecule has 0 spiro atoms. The molecule has 0 amide bonds. The van der Waals surface area contributed by atoms with Crippen LogP contribution in [0.3, 0.4) is 0 Å². The summed E-state index contributed by atoms with van der Waals surface area (Å²) >= 11 is 0. The summed E-state index contributed by atoms with van der Waals surface area (Å²) in [7, 11) is 0. The predicted octanol–water partition coefficient (Wildman–Crippen LogP) is 5.14. The van der Waals surface area contributed by atoms with Crippen LogP contribution in [0.5, 0.6) is 17.2 Å². The number of nitrogen functional groups attached to an aromatic ring is 1. The molecule has 0 aliphatic heterocycles. The molecule has 0 bridgehead atoms. The van der Waals surface area contributed by atoms with Crippen molar-refractivity contribution >= 4 is 17.3 Å². The number of benzene rings is 3. The van der Waals surface area contributed by atoms with E-state index in [1.807, 2.05) is 0 Å². The molecule has 148 valence electrons. The van der Waals surface area contributed by atoms with Gasteiger partial charge in [-0.15, -0.1) is 0 Å². The number of rotatable bonds is 8. The first-order valence-electron chi connectivity index (χ1n) is 9.11. The molecule has 0 saturated carbocycles. The van der Waals surface area contributed by atoms with Crippen LogP contribution < -0.4 is 10.5 Å². The molecule has 0 fully saturated rings. The molecule has 0 aliphatic rings. The lowest BCUT2D eigenvalue weighted by Crippen LogP contribution is -2.06. The van der Waals surface area contributed by atoms with Crippen LogP contribution in [0, 0.1) is 5.82 Å². The van der Waals surface area contributed by atoms with Crippen LogP contribution in [0.2, 0.25) is 0 Å². The summed E-state index contributed by atoms with van der Waals surface area (Å²) in [6.07, 6.45) is 0.693. The van der Waals surface area contributed by atoms with E-state index in [0.717, 1.165) is 0 Å². The Morgan fingerprint density at radius 3 is 2.24 bits per heavy atom. The number of phenols is 1. The van der Waals surface area contributed by atoms with Crippen molar-refractivity contribution in [3.8, 4) is 17.2 Å². The van der Waals surface area contributed by atoms with Gasteiger partial charge in [0.15, 0.2) is 17.3 Å². The van der Waals surface area contributed by atoms with Crippen molar-refractivity contribution in [3.63, 3.8) is 0 Å². The molecule has 3 aromatic carbocycles. The maximum atomic E-state index is 12.9. The number of hydrogen-bond acceptors (Lipinski definition) is 5. The lowest BCUT2D eigenvalue weighted by molar-refractivity contribution is 0.0957. The van der Waals surface area contributed by atoms with Gasteiger partial charge >= 0.3 is 0 Å². The Labute approximate surface area is 167 Å². The minimum atomic E-state index is -0.401. The summed E-state index contributed by atoms with van der Waals surface area (Å²) in [6.45, 7) is 0. The number of phenolic OH excluding ortho intramolecular Hbond substituents is 1. The van der Waals surface area contributed by atoms with Gasteiger partial charge in [-0.1, -0.05) is 6.07 Å². The van der Waals surface area contributed by atoms with E-state index in [0.29, 0.717) is 29.0 Å². The van der Waals surface area contributed by atoms with Gasteiger partial charge in [0.05, 0.1) is 5.69 Å². The van der Waals surface area contributed by atoms with E-state index in [-0.39, 0.29) is 35.8 Å². The van der Waals surface area contributed by atoms with Gasteiger partial charge in [0, 0.05) is 24.0 Å². The third-order valence-corrected chi connectivity index (χ3v) is 4.40. The quantitative estimate of drug-likeness (QED) is 0.408. The smallest absolute Gasteiger partial charge is 0.165 e. The Hall–Kier alpha value is -3.67. The van der Waals surface area contributed by atoms with Crippen molar-refractivity contribution in [1.82, 2.24) is 0 Å². The summed E-state index contributed by atoms with van der Waals surface area (Å²) in [5.41, 5.74) is 7.07. The first-order chi connectivity index (χ1) is 13.9. The van der Waals surface area contributed by atoms with Crippen molar-refractivity contribution in [2.75, 3.05) is 5.73 Å². The van der Waals surface area contributed by atoms with Crippen molar-refractivity contribution in [3.05, 3.63) is 83.7 Å². The Balaban J connectivity index is 1.61. The topological polar surface area (TPSA) is 89.6 Å². The molecule has 0 saturated heterocycles. The second kappa shape index (κ2) is 9.01. The first-order valence-corrected chi connectivity index (χ1v) is 9.11. The molecule has 0 atom stereocenters. The zero-order valence-electron chi connectivity index (χ0n) is 15.6. The van der Waals surface area contributed by atoms with Crippen molar-refractivity contribution in [2.45, 2.75) is 19.3 Å². The molecule has 3 N–H and O–H groups in total. The van der Waals surface area contributed by atoms with Crippen LogP contribution in [0.4, 0.5) is 10.1 Å². The zero-order chi connectivity index (χ0) is 20.8. The maximum Gasteiger partial charge on any atom is 0.165 e. The van der Waals surface area contributed by atoms with Crippen LogP contribution in [0.1, 0.15) is 40.0 Å². The molecule has 6 heteroatoms. The molecule has 0 aliphatic carbocycles. The number of halogens is 1. The van der Waals surface area contributed by atoms with Crippen LogP contribution in [0.15, 0.2) is 66.7 Å². The monoisotopic (exact) mass is 393 g/mol. The maximum absolute atomic E-state index is 12.9. The van der Waals surface area contributed by atoms with Crippen LogP contribution in [-0.2, 0) is 0 Å². The number of carbonyl (C=O) groups excluding carboxylic acids is 2. The Kier molecular flexibility index (Phi) is 6.24. The first kappa shape index (κ1) is 20.1. The third kappa shape index (κ3) is 5.19. The van der Waals surface area contributed by atoms with E-state index in [9.17, 15) is 19.1 Å². The highest BCUT2D eigenvalue weighted by atomic mass is 19.1. The fourth-order valence-electron chi connectivity index (χ4n) is 2.84. The van der Waals surface area contributed by atoms with Gasteiger partial charge in [-0.25, -0.2) is 4.39 Å². The van der Waals surface area contributed by atoms with Crippen molar-refractivity contribution < 1.29 is 23.8 Å². The number of ether oxygens (including phenoxy) is 1. The summed E-state index contributed by atoms with van der Waals surface area (Å²) < 4.78 is 18.6. The number of anilines is 1. The third-order valence-electron chi connectivity index (χ3n) is 4.40. The van der Waals surface area contributed by atoms with Gasteiger partial charge in [0.2, 0.25) is 0 Å². The summed E-state index contributed by atoms with van der Waals surface area (Å²) in [6, 6.07) is 16.4. The minimum Gasteiger partial charge on any atom is -0.508 e. The predicted molar refractivity (Wildman–Crippen MR) is 108 cm³/mol. The number of aromatic hydroxyl groups is 1. The van der Waals surface area contributed by atoms with Gasteiger partial charge in [-0.2, -0.15) is 0 Å². The highest BCUT2D eigenvalue weighted by Crippen LogP contribution is 2.31. The van der Waals surface area contributed by atoms with Crippen LogP contribution in [0.25, 0.3) is 0 Å². The van der Waals surface area contributed by atoms with Crippen molar-refractivity contribution in [2.24, 2.45) is 0 Å². The minimum absolute atomic E-state index is 0.115. The Bertz CT molecular complexity index is 1010. The number of hydrogen-bond donors (Lipinski definition) is 2. The lowest BCUT2D eigenvalue weighted by atomic mass is 10.0. The fourth-order valence-corrected chi connectivity index (χ4v) is 2.84. The fraction of sp³-hybridized carbons (Fsp3) is 0.130. The number of Topliss-reactive ketones (excluding diaryl/α,β-unsaturated/α-hetero) is 2. The summed E-state index contributed by atoms with van der Waals surface area (Å²) in [4.78, 5) is 24.7. The molecule has 0 heterocycles. The van der Waals surface area contributed by atoms with E-state index in [1.165, 1.54) is 36.4 Å². The molecule has 3 aromatic rings. The van der Waals surface area contributed by atoms with Gasteiger partial charge in [0.25, 0.3) is 0 Å². The van der Waals surface area contributed by atoms with Gasteiger partial charge in [0.1, 0.15) is 17.3 Å². The van der Waals surface area contributed by atoms with Crippen LogP contribution in [-0.4, -0.2) is 16.7 Å². The van der Waals surface area contributed by atoms with Gasteiger partial charge in [-0.3, -0.25) is 9.59 Å². The Morgan fingerprint density at radius 2 is 1.55 bits per heavy atom. The number of ketones is 2. The van der Waals surface area contributed by atoms with Crippen LogP contribution >= 0.6 is 0 Å². The molecule has 0 radical (unpaired) electrons. The second-order valence-corrected chi connectivity index (χ2v) is 6.52. The second-order valence-electron chi connectivity index (χ2n) is 6.52. The molecule has 0 unspecified atom stereocenters. The van der Waals surface area contributed by atoms with Crippen molar-refractivity contribution in [1.29, 1.82) is 0 Å². The Morgan fingerprint density at radius 1 is 0.897 bits per heavy atom. The molecular weight excluding hydrogens is 373 g/mol. The summed E-state index contributed by atoms with van der Waals surface area (Å²) in [5.74, 6) is 0.194. The molecular formula is C23H20FNO4. The normalized spacial score (nSPS) is 10.5. The average Bonchev–Trinajstić information content (AvgIpc) is 2.71. The van der Waals surface area contributed by atoms with E-state index in [4.69, 9.17) is 10.5 Å². The van der Waals surface area contributed by atoms with E-state index in [1.54, 1.807) is 30.3 Å². The summed E-state index contributed by atoms with van der Waals surface area (Å²) in [5, 5.41) is 9.34. The number of carbonyl (C=O) groups is 2. The van der Waals surface area contributed by atoms with Gasteiger partial charge in [-0.05, 0) is 67.1 Å². The highest BCUT2D eigenvalue weighted by Gasteiger charge is 2.15. The largest absolute Gasteiger partial charge is 0.508 e. The lowest BCUT2D eigenvalue weighted by Gasteiger charge is -2.12. The van der Waals surface area contributed by atoms with E-state index >= 15 is 0 Å². The average molecular weight is 393 g/mol.